The van der Waals surface area contributed by atoms with Crippen molar-refractivity contribution in [2.45, 2.75) is 30.2 Å². The van der Waals surface area contributed by atoms with E-state index in [1.807, 2.05) is 25.1 Å². The molecule has 6 nitrogen and oxygen atoms in total. The van der Waals surface area contributed by atoms with Crippen molar-refractivity contribution in [1.82, 2.24) is 0 Å². The molecule has 8 heteroatoms. The Hall–Kier alpha value is -2.97. The maximum absolute atomic E-state index is 13.2. The van der Waals surface area contributed by atoms with Gasteiger partial charge in [-0.15, -0.1) is 0 Å². The Bertz CT molecular complexity index is 1370. The zero-order valence-corrected chi connectivity index (χ0v) is 21.9. The zero-order chi connectivity index (χ0) is 24.6. The van der Waals surface area contributed by atoms with Crippen LogP contribution in [-0.4, -0.2) is 22.1 Å². The van der Waals surface area contributed by atoms with Crippen LogP contribution < -0.4 is 19.5 Å². The van der Waals surface area contributed by atoms with E-state index in [0.29, 0.717) is 18.0 Å². The highest BCUT2D eigenvalue weighted by molar-refractivity contribution is 9.10. The molecule has 0 fully saturated rings. The molecule has 0 spiro atoms. The summed E-state index contributed by atoms with van der Waals surface area (Å²) in [6.45, 7) is 2.46. The van der Waals surface area contributed by atoms with Crippen LogP contribution in [0, 0.1) is 5.92 Å². The molecule has 35 heavy (non-hydrogen) atoms. The van der Waals surface area contributed by atoms with Crippen LogP contribution in [0.3, 0.4) is 0 Å². The van der Waals surface area contributed by atoms with Crippen LogP contribution in [0.4, 0.5) is 11.4 Å². The molecule has 3 aromatic carbocycles. The molecule has 0 radical (unpaired) electrons. The molecule has 1 aliphatic carbocycles. The van der Waals surface area contributed by atoms with E-state index in [-0.39, 0.29) is 22.8 Å². The van der Waals surface area contributed by atoms with Crippen molar-refractivity contribution >= 4 is 37.3 Å². The van der Waals surface area contributed by atoms with E-state index in [2.05, 4.69) is 44.2 Å². The summed E-state index contributed by atoms with van der Waals surface area (Å²) < 4.78 is 41.2. The molecule has 0 saturated heterocycles. The van der Waals surface area contributed by atoms with Gasteiger partial charge in [-0.2, -0.15) is 0 Å². The van der Waals surface area contributed by atoms with Crippen molar-refractivity contribution in [2.24, 2.45) is 5.92 Å². The highest BCUT2D eigenvalue weighted by Gasteiger charge is 2.39. The van der Waals surface area contributed by atoms with Gasteiger partial charge in [0.05, 0.1) is 24.7 Å². The predicted molar refractivity (Wildman–Crippen MR) is 142 cm³/mol. The van der Waals surface area contributed by atoms with E-state index in [9.17, 15) is 8.42 Å². The topological polar surface area (TPSA) is 76.7 Å². The molecule has 0 unspecified atom stereocenters. The lowest BCUT2D eigenvalue weighted by Crippen LogP contribution is -2.29. The van der Waals surface area contributed by atoms with Gasteiger partial charge in [0.1, 0.15) is 11.5 Å². The van der Waals surface area contributed by atoms with Crippen LogP contribution in [0.2, 0.25) is 0 Å². The van der Waals surface area contributed by atoms with Gasteiger partial charge in [-0.05, 0) is 85.5 Å². The number of methoxy groups -OCH3 is 1. The smallest absolute Gasteiger partial charge is 0.261 e. The van der Waals surface area contributed by atoms with Crippen LogP contribution in [0.1, 0.15) is 36.4 Å². The highest BCUT2D eigenvalue weighted by Crippen LogP contribution is 2.51. The Kier molecular flexibility index (Phi) is 6.51. The van der Waals surface area contributed by atoms with Gasteiger partial charge in [0.2, 0.25) is 0 Å². The molecule has 1 aliphatic heterocycles. The number of anilines is 2. The summed E-state index contributed by atoms with van der Waals surface area (Å²) in [7, 11) is -2.07. The molecule has 0 saturated carbocycles. The minimum Gasteiger partial charge on any atom is -0.496 e. The van der Waals surface area contributed by atoms with Crippen LogP contribution >= 0.6 is 15.9 Å². The standard InChI is InChI=1S/C27H27BrN2O4S/c1-3-34-19-10-8-18(9-11-19)30-35(31,32)20-12-13-25-23(16-20)21-5-4-6-22(21)27(29-25)24-15-17(28)7-14-26(24)33-2/h4-5,7-16,21-22,27,29-30H,3,6H2,1-2H3/t21-,22+,27-/m0/s1. The van der Waals surface area contributed by atoms with Gasteiger partial charge in [-0.1, -0.05) is 28.1 Å². The van der Waals surface area contributed by atoms with Gasteiger partial charge in [-0.25, -0.2) is 8.42 Å². The average Bonchev–Trinajstić information content (AvgIpc) is 3.35. The number of ether oxygens (including phenoxy) is 2. The van der Waals surface area contributed by atoms with Crippen molar-refractivity contribution < 1.29 is 17.9 Å². The second kappa shape index (κ2) is 9.59. The Balaban J connectivity index is 1.46. The van der Waals surface area contributed by atoms with Crippen LogP contribution in [0.25, 0.3) is 0 Å². The van der Waals surface area contributed by atoms with Crippen molar-refractivity contribution in [1.29, 1.82) is 0 Å². The van der Waals surface area contributed by atoms with Crippen LogP contribution in [0.15, 0.2) is 82.2 Å². The minimum atomic E-state index is -3.75. The number of hydrogen-bond donors (Lipinski definition) is 2. The summed E-state index contributed by atoms with van der Waals surface area (Å²) in [5.41, 5.74) is 3.50. The Labute approximate surface area is 214 Å². The first-order valence-electron chi connectivity index (χ1n) is 11.6. The number of rotatable bonds is 7. The number of benzene rings is 3. The van der Waals surface area contributed by atoms with Gasteiger partial charge in [0.25, 0.3) is 10.0 Å². The molecule has 5 rings (SSSR count). The summed E-state index contributed by atoms with van der Waals surface area (Å²) in [5, 5.41) is 3.66. The maximum atomic E-state index is 13.2. The molecule has 2 N–H and O–H groups in total. The molecule has 2 aliphatic rings. The summed E-state index contributed by atoms with van der Waals surface area (Å²) >= 11 is 3.59. The van der Waals surface area contributed by atoms with E-state index in [4.69, 9.17) is 9.47 Å². The third kappa shape index (κ3) is 4.65. The first kappa shape index (κ1) is 23.8. The summed E-state index contributed by atoms with van der Waals surface area (Å²) in [6, 6.07) is 18.3. The molecule has 3 atom stereocenters. The fraction of sp³-hybridized carbons (Fsp3) is 0.259. The molecule has 0 bridgehead atoms. The number of nitrogens with one attached hydrogen (secondary N) is 2. The first-order chi connectivity index (χ1) is 16.9. The van der Waals surface area contributed by atoms with E-state index < -0.39 is 10.0 Å². The van der Waals surface area contributed by atoms with Crippen LogP contribution in [-0.2, 0) is 10.0 Å². The van der Waals surface area contributed by atoms with Gasteiger partial charge >= 0.3 is 0 Å². The third-order valence-electron chi connectivity index (χ3n) is 6.59. The largest absolute Gasteiger partial charge is 0.496 e. The van der Waals surface area contributed by atoms with Crippen molar-refractivity contribution in [3.8, 4) is 11.5 Å². The number of fused-ring (bicyclic) bond motifs is 3. The van der Waals surface area contributed by atoms with E-state index >= 15 is 0 Å². The first-order valence-corrected chi connectivity index (χ1v) is 13.8. The minimum absolute atomic E-state index is 0.0411. The monoisotopic (exact) mass is 554 g/mol. The van der Waals surface area contributed by atoms with Crippen molar-refractivity contribution in [3.63, 3.8) is 0 Å². The summed E-state index contributed by atoms with van der Waals surface area (Å²) in [5.74, 6) is 1.90. The molecular weight excluding hydrogens is 528 g/mol. The number of allylic oxidation sites excluding steroid dienone is 2. The lowest BCUT2D eigenvalue weighted by atomic mass is 9.77. The Morgan fingerprint density at radius 2 is 1.86 bits per heavy atom. The zero-order valence-electron chi connectivity index (χ0n) is 19.5. The molecule has 0 amide bonds. The second-order valence-electron chi connectivity index (χ2n) is 8.67. The maximum Gasteiger partial charge on any atom is 0.261 e. The van der Waals surface area contributed by atoms with Crippen molar-refractivity contribution in [2.75, 3.05) is 23.8 Å². The fourth-order valence-corrected chi connectivity index (χ4v) is 6.47. The normalized spacial score (nSPS) is 20.5. The number of halogens is 1. The van der Waals surface area contributed by atoms with Gasteiger partial charge < -0.3 is 14.8 Å². The van der Waals surface area contributed by atoms with E-state index in [1.165, 1.54) is 0 Å². The number of hydrogen-bond acceptors (Lipinski definition) is 5. The van der Waals surface area contributed by atoms with E-state index in [0.717, 1.165) is 33.5 Å². The van der Waals surface area contributed by atoms with Gasteiger partial charge in [0, 0.05) is 27.3 Å². The molecule has 3 aromatic rings. The SMILES string of the molecule is CCOc1ccc(NS(=O)(=O)c2ccc3c(c2)[C@H]2C=CC[C@H]2[C@@H](c2cc(Br)ccc2OC)N3)cc1. The second-order valence-corrected chi connectivity index (χ2v) is 11.3. The lowest BCUT2D eigenvalue weighted by Gasteiger charge is -2.38. The summed E-state index contributed by atoms with van der Waals surface area (Å²) in [6.07, 6.45) is 5.28. The average molecular weight is 555 g/mol. The quantitative estimate of drug-likeness (QED) is 0.326. The molecule has 182 valence electrons. The number of sulfonamides is 1. The molecule has 0 aromatic heterocycles. The van der Waals surface area contributed by atoms with E-state index in [1.54, 1.807) is 43.5 Å². The lowest BCUT2D eigenvalue weighted by molar-refractivity contribution is 0.340. The van der Waals surface area contributed by atoms with Gasteiger partial charge in [0.15, 0.2) is 0 Å². The van der Waals surface area contributed by atoms with Gasteiger partial charge in [-0.3, -0.25) is 4.72 Å². The predicted octanol–water partition coefficient (Wildman–Crippen LogP) is 6.48. The fourth-order valence-electron chi connectivity index (χ4n) is 5.00. The molecular formula is C27H27BrN2O4S. The summed E-state index contributed by atoms with van der Waals surface area (Å²) in [4.78, 5) is 0.240. The van der Waals surface area contributed by atoms with Crippen molar-refractivity contribution in [3.05, 3.63) is 88.4 Å². The highest BCUT2D eigenvalue weighted by atomic mass is 79.9. The Morgan fingerprint density at radius 3 is 2.60 bits per heavy atom. The molecule has 1 heterocycles. The Morgan fingerprint density at radius 1 is 1.06 bits per heavy atom. The van der Waals surface area contributed by atoms with Crippen LogP contribution in [0.5, 0.6) is 11.5 Å². The third-order valence-corrected chi connectivity index (χ3v) is 8.46.